The molecule has 1 aliphatic rings. The number of halogens is 2. The highest BCUT2D eigenvalue weighted by Gasteiger charge is 2.28. The molecule has 0 saturated heterocycles. The molecule has 4 rings (SSSR count). The maximum absolute atomic E-state index is 12.9. The van der Waals surface area contributed by atoms with Crippen molar-refractivity contribution in [2.75, 3.05) is 13.1 Å². The Balaban J connectivity index is 1.39. The highest BCUT2D eigenvalue weighted by atomic mass is 35.5. The predicted molar refractivity (Wildman–Crippen MR) is 116 cm³/mol. The van der Waals surface area contributed by atoms with Gasteiger partial charge in [-0.05, 0) is 29.7 Å². The van der Waals surface area contributed by atoms with Crippen LogP contribution >= 0.6 is 23.2 Å². The van der Waals surface area contributed by atoms with Crippen LogP contribution in [0.3, 0.4) is 0 Å². The third-order valence-electron chi connectivity index (χ3n) is 5.00. The van der Waals surface area contributed by atoms with Crippen molar-refractivity contribution in [3.63, 3.8) is 0 Å². The summed E-state index contributed by atoms with van der Waals surface area (Å²) in [5.74, 6) is -0.445. The Morgan fingerprint density at radius 3 is 2.57 bits per heavy atom. The van der Waals surface area contributed by atoms with Crippen molar-refractivity contribution in [2.45, 2.75) is 19.5 Å². The van der Waals surface area contributed by atoms with Crippen molar-refractivity contribution in [1.29, 1.82) is 0 Å². The standard InChI is InChI=1S/C22H20Cl2N4O2/c23-17-7-6-16(12-18(17)24)14-27-10-11-28-20(22(27)30)13-19(26-28)21(29)25-9-8-15-4-2-1-3-5-15/h1-7,12-13H,8-11,14H2,(H,25,29). The summed E-state index contributed by atoms with van der Waals surface area (Å²) in [6.07, 6.45) is 0.733. The SMILES string of the molecule is O=C(NCCc1ccccc1)c1cc2n(n1)CCN(Cc1ccc(Cl)c(Cl)c1)C2=O. The first-order valence-corrected chi connectivity index (χ1v) is 10.4. The van der Waals surface area contributed by atoms with E-state index in [2.05, 4.69) is 10.4 Å². The van der Waals surface area contributed by atoms with Crippen LogP contribution in [0.15, 0.2) is 54.6 Å². The second kappa shape index (κ2) is 8.90. The van der Waals surface area contributed by atoms with E-state index in [4.69, 9.17) is 23.2 Å². The predicted octanol–water partition coefficient (Wildman–Crippen LogP) is 3.82. The van der Waals surface area contributed by atoms with Crippen LogP contribution in [0.5, 0.6) is 0 Å². The molecule has 30 heavy (non-hydrogen) atoms. The summed E-state index contributed by atoms with van der Waals surface area (Å²) in [7, 11) is 0. The van der Waals surface area contributed by atoms with Crippen molar-refractivity contribution in [2.24, 2.45) is 0 Å². The van der Waals surface area contributed by atoms with Crippen LogP contribution in [0.4, 0.5) is 0 Å². The van der Waals surface area contributed by atoms with Gasteiger partial charge in [-0.1, -0.05) is 59.6 Å². The number of nitrogens with one attached hydrogen (secondary N) is 1. The molecule has 0 aliphatic carbocycles. The number of carbonyl (C=O) groups excluding carboxylic acids is 2. The average Bonchev–Trinajstić information content (AvgIpc) is 3.19. The Bertz CT molecular complexity index is 1080. The van der Waals surface area contributed by atoms with E-state index in [0.29, 0.717) is 41.9 Å². The minimum atomic E-state index is -0.281. The van der Waals surface area contributed by atoms with Crippen molar-refractivity contribution < 1.29 is 9.59 Å². The molecule has 2 amide bonds. The summed E-state index contributed by atoms with van der Waals surface area (Å²) in [5.41, 5.74) is 2.71. The molecule has 0 radical (unpaired) electrons. The van der Waals surface area contributed by atoms with Crippen LogP contribution in [0, 0.1) is 0 Å². The summed E-state index contributed by atoms with van der Waals surface area (Å²) in [4.78, 5) is 27.1. The first kappa shape index (κ1) is 20.4. The first-order chi connectivity index (χ1) is 14.5. The fraction of sp³-hybridized carbons (Fsp3) is 0.227. The van der Waals surface area contributed by atoms with Gasteiger partial charge in [0, 0.05) is 25.7 Å². The normalized spacial score (nSPS) is 13.3. The van der Waals surface area contributed by atoms with E-state index < -0.39 is 0 Å². The molecule has 1 aliphatic heterocycles. The number of amides is 2. The van der Waals surface area contributed by atoms with Crippen LogP contribution in [-0.4, -0.2) is 39.6 Å². The summed E-state index contributed by atoms with van der Waals surface area (Å²) >= 11 is 12.0. The molecule has 3 aromatic rings. The van der Waals surface area contributed by atoms with E-state index in [1.165, 1.54) is 0 Å². The molecule has 0 atom stereocenters. The quantitative estimate of drug-likeness (QED) is 0.630. The Morgan fingerprint density at radius 1 is 1.00 bits per heavy atom. The Morgan fingerprint density at radius 2 is 1.80 bits per heavy atom. The number of fused-ring (bicyclic) bond motifs is 1. The molecule has 6 nitrogen and oxygen atoms in total. The van der Waals surface area contributed by atoms with Crippen molar-refractivity contribution in [3.8, 4) is 0 Å². The van der Waals surface area contributed by atoms with E-state index in [0.717, 1.165) is 17.5 Å². The third-order valence-corrected chi connectivity index (χ3v) is 5.74. The fourth-order valence-electron chi connectivity index (χ4n) is 3.41. The molecule has 0 fully saturated rings. The highest BCUT2D eigenvalue weighted by Crippen LogP contribution is 2.24. The van der Waals surface area contributed by atoms with Gasteiger partial charge in [0.1, 0.15) is 5.69 Å². The zero-order valence-corrected chi connectivity index (χ0v) is 17.7. The average molecular weight is 443 g/mol. The summed E-state index contributed by atoms with van der Waals surface area (Å²) in [6.45, 7) is 1.95. The number of aromatic nitrogens is 2. The van der Waals surface area contributed by atoms with E-state index in [9.17, 15) is 9.59 Å². The highest BCUT2D eigenvalue weighted by molar-refractivity contribution is 6.42. The minimum absolute atomic E-state index is 0.164. The monoisotopic (exact) mass is 442 g/mol. The lowest BCUT2D eigenvalue weighted by Crippen LogP contribution is -2.39. The lowest BCUT2D eigenvalue weighted by atomic mass is 10.1. The van der Waals surface area contributed by atoms with E-state index in [1.54, 1.807) is 27.8 Å². The number of nitrogens with zero attached hydrogens (tertiary/aromatic N) is 3. The van der Waals surface area contributed by atoms with Gasteiger partial charge in [0.25, 0.3) is 11.8 Å². The molecule has 0 bridgehead atoms. The van der Waals surface area contributed by atoms with Gasteiger partial charge in [0.05, 0.1) is 16.6 Å². The van der Waals surface area contributed by atoms with E-state index in [1.807, 2.05) is 36.4 Å². The first-order valence-electron chi connectivity index (χ1n) is 9.64. The molecule has 1 N–H and O–H groups in total. The minimum Gasteiger partial charge on any atom is -0.350 e. The fourth-order valence-corrected chi connectivity index (χ4v) is 3.73. The molecule has 1 aromatic heterocycles. The van der Waals surface area contributed by atoms with Crippen LogP contribution in [0.2, 0.25) is 10.0 Å². The molecule has 0 spiro atoms. The zero-order valence-electron chi connectivity index (χ0n) is 16.1. The lowest BCUT2D eigenvalue weighted by molar-refractivity contribution is 0.0683. The molecule has 0 saturated carbocycles. The second-order valence-corrected chi connectivity index (χ2v) is 7.92. The van der Waals surface area contributed by atoms with Crippen LogP contribution in [0.1, 0.15) is 32.1 Å². The zero-order chi connectivity index (χ0) is 21.1. The number of hydrogen-bond acceptors (Lipinski definition) is 3. The smallest absolute Gasteiger partial charge is 0.272 e. The molecule has 154 valence electrons. The molecule has 0 unspecified atom stereocenters. The summed E-state index contributed by atoms with van der Waals surface area (Å²) < 4.78 is 1.60. The second-order valence-electron chi connectivity index (χ2n) is 7.10. The number of carbonyl (C=O) groups is 2. The molecule has 8 heteroatoms. The summed E-state index contributed by atoms with van der Waals surface area (Å²) in [6, 6.07) is 16.8. The van der Waals surface area contributed by atoms with Gasteiger partial charge < -0.3 is 10.2 Å². The molecular formula is C22H20Cl2N4O2. The molecular weight excluding hydrogens is 423 g/mol. The van der Waals surface area contributed by atoms with Crippen molar-refractivity contribution in [3.05, 3.63) is 87.2 Å². The van der Waals surface area contributed by atoms with Gasteiger partial charge in [-0.15, -0.1) is 0 Å². The van der Waals surface area contributed by atoms with E-state index >= 15 is 0 Å². The largest absolute Gasteiger partial charge is 0.350 e. The topological polar surface area (TPSA) is 67.2 Å². The van der Waals surface area contributed by atoms with Gasteiger partial charge in [0.15, 0.2) is 5.69 Å². The van der Waals surface area contributed by atoms with Crippen molar-refractivity contribution >= 4 is 35.0 Å². The van der Waals surface area contributed by atoms with Gasteiger partial charge >= 0.3 is 0 Å². The number of hydrogen-bond donors (Lipinski definition) is 1. The summed E-state index contributed by atoms with van der Waals surface area (Å²) in [5, 5.41) is 8.11. The van der Waals surface area contributed by atoms with Gasteiger partial charge in [-0.3, -0.25) is 14.3 Å². The third kappa shape index (κ3) is 4.50. The van der Waals surface area contributed by atoms with Crippen LogP contribution in [0.25, 0.3) is 0 Å². The Labute approximate surface area is 184 Å². The van der Waals surface area contributed by atoms with Crippen LogP contribution in [-0.2, 0) is 19.5 Å². The van der Waals surface area contributed by atoms with Gasteiger partial charge in [-0.25, -0.2) is 0 Å². The Hall–Kier alpha value is -2.83. The van der Waals surface area contributed by atoms with E-state index in [-0.39, 0.29) is 17.5 Å². The molecule has 2 heterocycles. The number of benzene rings is 2. The Kier molecular flexibility index (Phi) is 6.06. The maximum Gasteiger partial charge on any atom is 0.272 e. The van der Waals surface area contributed by atoms with Gasteiger partial charge in [0.2, 0.25) is 0 Å². The van der Waals surface area contributed by atoms with Crippen molar-refractivity contribution in [1.82, 2.24) is 20.0 Å². The lowest BCUT2D eigenvalue weighted by Gasteiger charge is -2.27. The number of rotatable bonds is 6. The maximum atomic E-state index is 12.9. The van der Waals surface area contributed by atoms with Crippen LogP contribution < -0.4 is 5.32 Å². The molecule has 2 aromatic carbocycles. The van der Waals surface area contributed by atoms with Gasteiger partial charge in [-0.2, -0.15) is 5.10 Å².